The number of carboxylic acids is 1. The number of carboxylic acid groups (broad SMARTS) is 1. The smallest absolute Gasteiger partial charge is 0.316 e. The lowest BCUT2D eigenvalue weighted by Crippen LogP contribution is -2.29. The molecule has 0 aliphatic rings. The topological polar surface area (TPSA) is 94.1 Å². The molecule has 2 aromatic rings. The van der Waals surface area contributed by atoms with Crippen molar-refractivity contribution in [3.63, 3.8) is 0 Å². The fraction of sp³-hybridized carbons (Fsp3) is 0.417. The van der Waals surface area contributed by atoms with Gasteiger partial charge >= 0.3 is 5.97 Å². The Kier molecular flexibility index (Phi) is 11.6. The summed E-state index contributed by atoms with van der Waals surface area (Å²) in [5.74, 6) is -0.703. The lowest BCUT2D eigenvalue weighted by Gasteiger charge is -2.16. The Labute approximate surface area is 184 Å². The number of unbranched alkanes of at least 4 members (excludes halogenated alkanes) is 2. The summed E-state index contributed by atoms with van der Waals surface area (Å²) in [6.07, 6.45) is 2.80. The van der Waals surface area contributed by atoms with E-state index < -0.39 is 17.8 Å². The number of hydrogen-bond donors (Lipinski definition) is 2. The number of amides is 1. The van der Waals surface area contributed by atoms with Crippen molar-refractivity contribution < 1.29 is 28.9 Å². The van der Waals surface area contributed by atoms with Crippen LogP contribution >= 0.6 is 0 Å². The minimum atomic E-state index is -1.13. The molecule has 170 valence electrons. The third-order valence-electron chi connectivity index (χ3n) is 4.44. The van der Waals surface area contributed by atoms with E-state index in [2.05, 4.69) is 5.32 Å². The molecule has 2 rings (SSSR count). The monoisotopic (exact) mass is 431 g/mol. The van der Waals surface area contributed by atoms with Crippen molar-refractivity contribution in [1.29, 1.82) is 0 Å². The minimum Gasteiger partial charge on any atom is -0.497 e. The number of carbonyl (C=O) groups excluding carboxylic acids is 1. The number of hydrogen-bond acceptors (Lipinski definition) is 5. The van der Waals surface area contributed by atoms with Gasteiger partial charge in [-0.1, -0.05) is 40.0 Å². The van der Waals surface area contributed by atoms with Crippen molar-refractivity contribution in [1.82, 2.24) is 0 Å². The molecule has 0 aromatic heterocycles. The number of anilines is 1. The van der Waals surface area contributed by atoms with Crippen molar-refractivity contribution in [3.8, 4) is 23.0 Å². The second-order valence-corrected chi connectivity index (χ2v) is 6.52. The Bertz CT molecular complexity index is 819. The molecule has 0 radical (unpaired) electrons. The van der Waals surface area contributed by atoms with Crippen LogP contribution in [0.5, 0.6) is 23.0 Å². The summed E-state index contributed by atoms with van der Waals surface area (Å²) in [5.41, 5.74) is 0.369. The molecule has 7 heteroatoms. The fourth-order valence-corrected chi connectivity index (χ4v) is 2.77. The highest BCUT2D eigenvalue weighted by atomic mass is 16.5. The highest BCUT2D eigenvalue weighted by molar-refractivity contribution is 6.04. The first kappa shape index (κ1) is 25.8. The number of nitrogens with one attached hydrogen (secondary N) is 1. The van der Waals surface area contributed by atoms with Crippen LogP contribution in [0.15, 0.2) is 42.5 Å². The second kappa shape index (κ2) is 13.9. The zero-order valence-electron chi connectivity index (χ0n) is 18.9. The molecule has 7 nitrogen and oxygen atoms in total. The molecule has 0 spiro atoms. The van der Waals surface area contributed by atoms with Crippen molar-refractivity contribution in [2.45, 2.75) is 46.5 Å². The van der Waals surface area contributed by atoms with Crippen LogP contribution < -0.4 is 19.5 Å². The SMILES string of the molecule is CC.CCCCCC(C(=O)O)C(=O)Nc1ccc(OC)cc1Oc1ccc(OC)cc1. The first-order valence-corrected chi connectivity index (χ1v) is 10.5. The lowest BCUT2D eigenvalue weighted by molar-refractivity contribution is -0.145. The van der Waals surface area contributed by atoms with Gasteiger partial charge in [0.1, 0.15) is 23.2 Å². The molecule has 1 amide bonds. The van der Waals surface area contributed by atoms with Gasteiger partial charge in [-0.3, -0.25) is 9.59 Å². The Hall–Kier alpha value is -3.22. The maximum absolute atomic E-state index is 12.6. The Morgan fingerprint density at radius 1 is 0.935 bits per heavy atom. The molecule has 0 aliphatic carbocycles. The first-order valence-electron chi connectivity index (χ1n) is 10.5. The van der Waals surface area contributed by atoms with E-state index in [0.29, 0.717) is 41.5 Å². The summed E-state index contributed by atoms with van der Waals surface area (Å²) >= 11 is 0. The zero-order chi connectivity index (χ0) is 23.2. The lowest BCUT2D eigenvalue weighted by atomic mass is 10.0. The summed E-state index contributed by atoms with van der Waals surface area (Å²) in [5, 5.41) is 12.1. The predicted molar refractivity (Wildman–Crippen MR) is 121 cm³/mol. The van der Waals surface area contributed by atoms with E-state index in [1.165, 1.54) is 7.11 Å². The van der Waals surface area contributed by atoms with Gasteiger partial charge in [0.25, 0.3) is 0 Å². The maximum Gasteiger partial charge on any atom is 0.316 e. The van der Waals surface area contributed by atoms with Gasteiger partial charge in [0, 0.05) is 6.07 Å². The average molecular weight is 432 g/mol. The van der Waals surface area contributed by atoms with Crippen LogP contribution in [0, 0.1) is 5.92 Å². The molecule has 0 saturated heterocycles. The molecule has 31 heavy (non-hydrogen) atoms. The van der Waals surface area contributed by atoms with Crippen molar-refractivity contribution >= 4 is 17.6 Å². The molecule has 0 heterocycles. The zero-order valence-corrected chi connectivity index (χ0v) is 18.9. The molecule has 2 aromatic carbocycles. The van der Waals surface area contributed by atoms with Gasteiger partial charge in [0.15, 0.2) is 5.75 Å². The Balaban J connectivity index is 0.00000233. The predicted octanol–water partition coefficient (Wildman–Crippen LogP) is 5.74. The van der Waals surface area contributed by atoms with Gasteiger partial charge in [0.2, 0.25) is 5.91 Å². The molecule has 0 fully saturated rings. The molecular formula is C24H33NO6. The van der Waals surface area contributed by atoms with Crippen LogP contribution in [0.3, 0.4) is 0 Å². The van der Waals surface area contributed by atoms with Crippen LogP contribution in [-0.2, 0) is 9.59 Å². The second-order valence-electron chi connectivity index (χ2n) is 6.52. The van der Waals surface area contributed by atoms with Crippen LogP contribution in [-0.4, -0.2) is 31.2 Å². The molecule has 2 N–H and O–H groups in total. The van der Waals surface area contributed by atoms with Crippen LogP contribution in [0.4, 0.5) is 5.69 Å². The molecular weight excluding hydrogens is 398 g/mol. The molecule has 0 saturated carbocycles. The van der Waals surface area contributed by atoms with Gasteiger partial charge in [-0.15, -0.1) is 0 Å². The average Bonchev–Trinajstić information content (AvgIpc) is 2.79. The van der Waals surface area contributed by atoms with Crippen molar-refractivity contribution in [2.75, 3.05) is 19.5 Å². The number of methoxy groups -OCH3 is 2. The van der Waals surface area contributed by atoms with E-state index in [9.17, 15) is 14.7 Å². The summed E-state index contributed by atoms with van der Waals surface area (Å²) in [6, 6.07) is 11.9. The molecule has 0 bridgehead atoms. The normalized spacial score (nSPS) is 10.9. The van der Waals surface area contributed by atoms with E-state index in [1.54, 1.807) is 49.6 Å². The van der Waals surface area contributed by atoms with E-state index in [-0.39, 0.29) is 0 Å². The van der Waals surface area contributed by atoms with Gasteiger partial charge in [0.05, 0.1) is 19.9 Å². The minimum absolute atomic E-state index is 0.291. The quantitative estimate of drug-likeness (QED) is 0.348. The van der Waals surface area contributed by atoms with E-state index in [4.69, 9.17) is 14.2 Å². The summed E-state index contributed by atoms with van der Waals surface area (Å²) < 4.78 is 16.3. The number of aliphatic carboxylic acids is 1. The summed E-state index contributed by atoms with van der Waals surface area (Å²) in [7, 11) is 3.10. The Morgan fingerprint density at radius 3 is 2.06 bits per heavy atom. The maximum atomic E-state index is 12.6. The third-order valence-corrected chi connectivity index (χ3v) is 4.44. The van der Waals surface area contributed by atoms with Gasteiger partial charge in [-0.25, -0.2) is 0 Å². The third kappa shape index (κ3) is 8.20. The van der Waals surface area contributed by atoms with Crippen LogP contribution in [0.25, 0.3) is 0 Å². The van der Waals surface area contributed by atoms with Crippen molar-refractivity contribution in [3.05, 3.63) is 42.5 Å². The van der Waals surface area contributed by atoms with Crippen LogP contribution in [0.1, 0.15) is 46.5 Å². The summed E-state index contributed by atoms with van der Waals surface area (Å²) in [4.78, 5) is 24.1. The van der Waals surface area contributed by atoms with E-state index >= 15 is 0 Å². The largest absolute Gasteiger partial charge is 0.497 e. The van der Waals surface area contributed by atoms with Gasteiger partial charge < -0.3 is 24.6 Å². The van der Waals surface area contributed by atoms with Gasteiger partial charge in [-0.05, 0) is 42.8 Å². The Morgan fingerprint density at radius 2 is 1.52 bits per heavy atom. The highest BCUT2D eigenvalue weighted by Crippen LogP contribution is 2.34. The standard InChI is InChI=1S/C22H27NO6.C2H6/c1-4-5-6-7-18(22(25)26)21(24)23-19-13-12-17(28-3)14-20(19)29-16-10-8-15(27-2)9-11-16;1-2/h8-14,18H,4-7H2,1-3H3,(H,23,24)(H,25,26);1-2H3. The fourth-order valence-electron chi connectivity index (χ4n) is 2.77. The number of rotatable bonds is 11. The molecule has 0 aliphatic heterocycles. The van der Waals surface area contributed by atoms with E-state index in [1.807, 2.05) is 20.8 Å². The first-order chi connectivity index (χ1) is 15.0. The highest BCUT2D eigenvalue weighted by Gasteiger charge is 2.26. The van der Waals surface area contributed by atoms with Gasteiger partial charge in [-0.2, -0.15) is 0 Å². The number of ether oxygens (including phenoxy) is 3. The summed E-state index contributed by atoms with van der Waals surface area (Å²) in [6.45, 7) is 6.02. The number of carbonyl (C=O) groups is 2. The van der Waals surface area contributed by atoms with E-state index in [0.717, 1.165) is 12.8 Å². The van der Waals surface area contributed by atoms with Crippen LogP contribution in [0.2, 0.25) is 0 Å². The molecule has 1 unspecified atom stereocenters. The van der Waals surface area contributed by atoms with Crippen molar-refractivity contribution in [2.24, 2.45) is 5.92 Å². The molecule has 1 atom stereocenters. The number of benzene rings is 2.